The number of hydrogen-bond donors (Lipinski definition) is 1. The lowest BCUT2D eigenvalue weighted by molar-refractivity contribution is 0.464. The molecule has 1 N–H and O–H groups in total. The Bertz CT molecular complexity index is 300. The molecule has 0 saturated carbocycles. The fraction of sp³-hybridized carbons (Fsp3) is 0.333. The molecule has 1 nitrogen and oxygen atoms in total. The van der Waals surface area contributed by atoms with E-state index in [0.29, 0.717) is 11.7 Å². The third-order valence-electron chi connectivity index (χ3n) is 2.12. The number of allylic oxidation sites excluding steroid dienone is 1. The summed E-state index contributed by atoms with van der Waals surface area (Å²) in [7, 11) is 0. The van der Waals surface area contributed by atoms with Crippen LogP contribution >= 0.6 is 0 Å². The highest BCUT2D eigenvalue weighted by Gasteiger charge is 2.09. The molecule has 1 heteroatoms. The molecule has 0 radical (unpaired) electrons. The first kappa shape index (κ1) is 9.85. The van der Waals surface area contributed by atoms with Gasteiger partial charge in [-0.2, -0.15) is 0 Å². The Labute approximate surface area is 79.7 Å². The van der Waals surface area contributed by atoms with Gasteiger partial charge in [-0.1, -0.05) is 32.1 Å². The number of aromatic hydroxyl groups is 1. The lowest BCUT2D eigenvalue weighted by Gasteiger charge is -2.12. The van der Waals surface area contributed by atoms with Crippen LogP contribution in [-0.4, -0.2) is 5.11 Å². The average Bonchev–Trinajstić information content (AvgIpc) is 2.04. The van der Waals surface area contributed by atoms with E-state index in [9.17, 15) is 5.11 Å². The zero-order valence-electron chi connectivity index (χ0n) is 8.25. The Balaban J connectivity index is 3.17. The van der Waals surface area contributed by atoms with Gasteiger partial charge in [0.05, 0.1) is 0 Å². The van der Waals surface area contributed by atoms with E-state index < -0.39 is 0 Å². The second kappa shape index (κ2) is 4.13. The largest absolute Gasteiger partial charge is 0.508 e. The minimum Gasteiger partial charge on any atom is -0.508 e. The lowest BCUT2D eigenvalue weighted by atomic mass is 9.94. The summed E-state index contributed by atoms with van der Waals surface area (Å²) in [6.07, 6.45) is 2.68. The highest BCUT2D eigenvalue weighted by atomic mass is 16.3. The molecule has 0 aliphatic carbocycles. The Morgan fingerprint density at radius 3 is 2.69 bits per heavy atom. The quantitative estimate of drug-likeness (QED) is 0.701. The van der Waals surface area contributed by atoms with E-state index >= 15 is 0 Å². The van der Waals surface area contributed by atoms with Gasteiger partial charge in [0, 0.05) is 0 Å². The van der Waals surface area contributed by atoms with Crippen molar-refractivity contribution in [2.75, 3.05) is 0 Å². The van der Waals surface area contributed by atoms with E-state index in [1.807, 2.05) is 18.2 Å². The van der Waals surface area contributed by atoms with Crippen molar-refractivity contribution in [2.24, 2.45) is 0 Å². The molecule has 0 amide bonds. The molecule has 0 fully saturated rings. The Kier molecular flexibility index (Phi) is 3.13. The van der Waals surface area contributed by atoms with Crippen molar-refractivity contribution in [3.05, 3.63) is 42.0 Å². The van der Waals surface area contributed by atoms with Gasteiger partial charge in [0.2, 0.25) is 0 Å². The van der Waals surface area contributed by atoms with Crippen molar-refractivity contribution in [3.63, 3.8) is 0 Å². The summed E-state index contributed by atoms with van der Waals surface area (Å²) in [6, 6.07) is 5.65. The van der Waals surface area contributed by atoms with Crippen LogP contribution in [0.1, 0.15) is 30.9 Å². The molecule has 0 aromatic heterocycles. The number of phenols is 1. The molecule has 0 aliphatic rings. The normalized spacial score (nSPS) is 10.4. The van der Waals surface area contributed by atoms with Gasteiger partial charge in [-0.15, -0.1) is 6.58 Å². The van der Waals surface area contributed by atoms with Crippen LogP contribution in [0.25, 0.3) is 0 Å². The average molecular weight is 176 g/mol. The standard InChI is InChI=1S/C12H16O/c1-4-6-10-7-5-8-11(13)12(10)9(2)3/h4-5,7-9,13H,1,6H2,2-3H3. The highest BCUT2D eigenvalue weighted by molar-refractivity contribution is 5.42. The minimum absolute atomic E-state index is 0.358. The number of rotatable bonds is 3. The smallest absolute Gasteiger partial charge is 0.119 e. The van der Waals surface area contributed by atoms with E-state index in [-0.39, 0.29) is 0 Å². The zero-order valence-corrected chi connectivity index (χ0v) is 8.25. The van der Waals surface area contributed by atoms with Gasteiger partial charge in [0.1, 0.15) is 5.75 Å². The fourth-order valence-corrected chi connectivity index (χ4v) is 1.60. The molecule has 0 bridgehead atoms. The molecule has 13 heavy (non-hydrogen) atoms. The van der Waals surface area contributed by atoms with Gasteiger partial charge in [-0.25, -0.2) is 0 Å². The van der Waals surface area contributed by atoms with Crippen molar-refractivity contribution in [3.8, 4) is 5.75 Å². The second-order valence-corrected chi connectivity index (χ2v) is 3.50. The maximum atomic E-state index is 9.65. The van der Waals surface area contributed by atoms with Crippen LogP contribution in [0, 0.1) is 0 Å². The van der Waals surface area contributed by atoms with Crippen LogP contribution < -0.4 is 0 Å². The summed E-state index contributed by atoms with van der Waals surface area (Å²) in [6.45, 7) is 7.87. The predicted molar refractivity (Wildman–Crippen MR) is 56.1 cm³/mol. The van der Waals surface area contributed by atoms with E-state index in [2.05, 4.69) is 20.4 Å². The number of hydrogen-bond acceptors (Lipinski definition) is 1. The number of phenolic OH excluding ortho intramolecular Hbond substituents is 1. The Morgan fingerprint density at radius 2 is 2.15 bits per heavy atom. The number of benzene rings is 1. The summed E-state index contributed by atoms with van der Waals surface area (Å²) in [5.41, 5.74) is 2.22. The first-order valence-electron chi connectivity index (χ1n) is 4.58. The second-order valence-electron chi connectivity index (χ2n) is 3.50. The lowest BCUT2D eigenvalue weighted by Crippen LogP contribution is -1.95. The van der Waals surface area contributed by atoms with Gasteiger partial charge in [-0.3, -0.25) is 0 Å². The van der Waals surface area contributed by atoms with Gasteiger partial charge in [0.15, 0.2) is 0 Å². The van der Waals surface area contributed by atoms with Gasteiger partial charge in [0.25, 0.3) is 0 Å². The molecular formula is C12H16O. The highest BCUT2D eigenvalue weighted by Crippen LogP contribution is 2.29. The monoisotopic (exact) mass is 176 g/mol. The molecule has 0 atom stereocenters. The molecular weight excluding hydrogens is 160 g/mol. The molecule has 1 rings (SSSR count). The first-order chi connectivity index (χ1) is 6.16. The summed E-state index contributed by atoms with van der Waals surface area (Å²) >= 11 is 0. The first-order valence-corrected chi connectivity index (χ1v) is 4.58. The fourth-order valence-electron chi connectivity index (χ4n) is 1.60. The van der Waals surface area contributed by atoms with Crippen LogP contribution in [0.5, 0.6) is 5.75 Å². The maximum Gasteiger partial charge on any atom is 0.119 e. The van der Waals surface area contributed by atoms with E-state index in [1.165, 1.54) is 5.56 Å². The van der Waals surface area contributed by atoms with Crippen molar-refractivity contribution < 1.29 is 5.11 Å². The predicted octanol–water partition coefficient (Wildman–Crippen LogP) is 3.24. The van der Waals surface area contributed by atoms with Crippen LogP contribution in [-0.2, 0) is 6.42 Å². The molecule has 0 spiro atoms. The van der Waals surface area contributed by atoms with Crippen molar-refractivity contribution in [2.45, 2.75) is 26.2 Å². The SMILES string of the molecule is C=CCc1cccc(O)c1C(C)C. The van der Waals surface area contributed by atoms with Crippen LogP contribution in [0.3, 0.4) is 0 Å². The van der Waals surface area contributed by atoms with Crippen molar-refractivity contribution in [1.82, 2.24) is 0 Å². The van der Waals surface area contributed by atoms with Crippen LogP contribution in [0.4, 0.5) is 0 Å². The Hall–Kier alpha value is -1.24. The molecule has 1 aromatic rings. The van der Waals surface area contributed by atoms with Gasteiger partial charge < -0.3 is 5.11 Å². The van der Waals surface area contributed by atoms with Gasteiger partial charge in [-0.05, 0) is 29.5 Å². The molecule has 0 aliphatic heterocycles. The zero-order chi connectivity index (χ0) is 9.84. The van der Waals surface area contributed by atoms with Crippen LogP contribution in [0.2, 0.25) is 0 Å². The molecule has 0 unspecified atom stereocenters. The summed E-state index contributed by atoms with van der Waals surface area (Å²) < 4.78 is 0. The molecule has 0 saturated heterocycles. The van der Waals surface area contributed by atoms with Crippen molar-refractivity contribution in [1.29, 1.82) is 0 Å². The Morgan fingerprint density at radius 1 is 1.46 bits per heavy atom. The topological polar surface area (TPSA) is 20.2 Å². The van der Waals surface area contributed by atoms with E-state index in [0.717, 1.165) is 12.0 Å². The van der Waals surface area contributed by atoms with Crippen molar-refractivity contribution >= 4 is 0 Å². The summed E-state index contributed by atoms with van der Waals surface area (Å²) in [4.78, 5) is 0. The molecule has 70 valence electrons. The molecule has 0 heterocycles. The summed E-state index contributed by atoms with van der Waals surface area (Å²) in [5, 5.41) is 9.65. The maximum absolute atomic E-state index is 9.65. The van der Waals surface area contributed by atoms with Gasteiger partial charge >= 0.3 is 0 Å². The van der Waals surface area contributed by atoms with E-state index in [4.69, 9.17) is 0 Å². The summed E-state index contributed by atoms with van der Waals surface area (Å²) in [5.74, 6) is 0.755. The third-order valence-corrected chi connectivity index (χ3v) is 2.12. The molecule has 1 aromatic carbocycles. The third kappa shape index (κ3) is 2.11. The minimum atomic E-state index is 0.358. The van der Waals surface area contributed by atoms with Crippen LogP contribution in [0.15, 0.2) is 30.9 Å². The van der Waals surface area contributed by atoms with E-state index in [1.54, 1.807) is 6.07 Å².